The van der Waals surface area contributed by atoms with Crippen molar-refractivity contribution in [1.29, 1.82) is 0 Å². The lowest BCUT2D eigenvalue weighted by atomic mass is 10.3. The number of imidazole rings is 1. The Morgan fingerprint density at radius 3 is 2.60 bits per heavy atom. The van der Waals surface area contributed by atoms with Gasteiger partial charge >= 0.3 is 0 Å². The Bertz CT molecular complexity index is 456. The molecule has 4 nitrogen and oxygen atoms in total. The summed E-state index contributed by atoms with van der Waals surface area (Å²) in [6.45, 7) is 0. The maximum Gasteiger partial charge on any atom is 0.300 e. The quantitative estimate of drug-likeness (QED) is 0.931. The summed E-state index contributed by atoms with van der Waals surface area (Å²) in [5.41, 5.74) is 0. The molecule has 15 heavy (non-hydrogen) atoms. The largest absolute Gasteiger partial charge is 0.493 e. The molecule has 1 aromatic carbocycles. The number of benzene rings is 1. The number of aromatic nitrogens is 2. The van der Waals surface area contributed by atoms with Crippen molar-refractivity contribution in [2.24, 2.45) is 0 Å². The van der Waals surface area contributed by atoms with Gasteiger partial charge in [0.15, 0.2) is 11.5 Å². The zero-order valence-corrected chi connectivity index (χ0v) is 9.61. The van der Waals surface area contributed by atoms with Gasteiger partial charge < -0.3 is 14.5 Å². The van der Waals surface area contributed by atoms with E-state index < -0.39 is 0 Å². The Balaban J connectivity index is 2.23. The van der Waals surface area contributed by atoms with Gasteiger partial charge in [-0.3, -0.25) is 0 Å². The number of ether oxygens (including phenoxy) is 2. The van der Waals surface area contributed by atoms with Gasteiger partial charge in [0.1, 0.15) is 4.60 Å². The zero-order chi connectivity index (χ0) is 10.7. The van der Waals surface area contributed by atoms with Crippen LogP contribution in [0.3, 0.4) is 0 Å². The van der Waals surface area contributed by atoms with E-state index in [-0.39, 0.29) is 0 Å². The molecule has 0 fully saturated rings. The van der Waals surface area contributed by atoms with Gasteiger partial charge in [-0.15, -0.1) is 0 Å². The van der Waals surface area contributed by atoms with E-state index in [4.69, 9.17) is 9.47 Å². The summed E-state index contributed by atoms with van der Waals surface area (Å²) >= 11 is 3.25. The minimum atomic E-state index is 0.423. The molecule has 0 unspecified atom stereocenters. The minimum Gasteiger partial charge on any atom is -0.493 e. The van der Waals surface area contributed by atoms with E-state index in [2.05, 4.69) is 25.9 Å². The molecule has 1 N–H and O–H groups in total. The van der Waals surface area contributed by atoms with Gasteiger partial charge in [-0.2, -0.15) is 0 Å². The molecule has 0 bridgehead atoms. The zero-order valence-electron chi connectivity index (χ0n) is 8.03. The highest BCUT2D eigenvalue weighted by molar-refractivity contribution is 9.10. The SMILES string of the molecule is COc1ccccc1Oc1ncc(Br)[nH]1. The second kappa shape index (κ2) is 4.35. The summed E-state index contributed by atoms with van der Waals surface area (Å²) < 4.78 is 11.4. The number of nitrogens with one attached hydrogen (secondary N) is 1. The predicted octanol–water partition coefficient (Wildman–Crippen LogP) is 2.97. The van der Waals surface area contributed by atoms with Crippen molar-refractivity contribution in [1.82, 2.24) is 9.97 Å². The van der Waals surface area contributed by atoms with Gasteiger partial charge in [-0.05, 0) is 28.1 Å². The summed E-state index contributed by atoms with van der Waals surface area (Å²) in [7, 11) is 1.60. The third kappa shape index (κ3) is 2.30. The molecule has 0 aliphatic rings. The Labute approximate surface area is 95.4 Å². The normalized spacial score (nSPS) is 10.0. The molecule has 1 aromatic heterocycles. The summed E-state index contributed by atoms with van der Waals surface area (Å²) in [4.78, 5) is 6.91. The number of nitrogens with zero attached hydrogens (tertiary/aromatic N) is 1. The Kier molecular flexibility index (Phi) is 2.91. The number of methoxy groups -OCH3 is 1. The third-order valence-corrected chi connectivity index (χ3v) is 2.20. The van der Waals surface area contributed by atoms with E-state index in [0.717, 1.165) is 4.60 Å². The molecule has 78 valence electrons. The Hall–Kier alpha value is -1.49. The fourth-order valence-electron chi connectivity index (χ4n) is 1.14. The molecule has 2 rings (SSSR count). The lowest BCUT2D eigenvalue weighted by Crippen LogP contribution is -1.90. The van der Waals surface area contributed by atoms with Crippen LogP contribution < -0.4 is 9.47 Å². The summed E-state index contributed by atoms with van der Waals surface area (Å²) in [5.74, 6) is 1.30. The van der Waals surface area contributed by atoms with Crippen molar-refractivity contribution in [2.45, 2.75) is 0 Å². The lowest BCUT2D eigenvalue weighted by Gasteiger charge is -2.06. The molecule has 0 aliphatic heterocycles. The molecule has 0 aliphatic carbocycles. The van der Waals surface area contributed by atoms with Crippen LogP contribution in [0.2, 0.25) is 0 Å². The van der Waals surface area contributed by atoms with Crippen molar-refractivity contribution < 1.29 is 9.47 Å². The number of H-pyrrole nitrogens is 1. The average molecular weight is 269 g/mol. The van der Waals surface area contributed by atoms with E-state index >= 15 is 0 Å². The molecular formula is C10H9BrN2O2. The van der Waals surface area contributed by atoms with E-state index in [1.807, 2.05) is 24.3 Å². The second-order valence-corrected chi connectivity index (χ2v) is 3.64. The van der Waals surface area contributed by atoms with Crippen molar-refractivity contribution in [3.8, 4) is 17.5 Å². The van der Waals surface area contributed by atoms with Gasteiger partial charge in [-0.1, -0.05) is 12.1 Å². The predicted molar refractivity (Wildman–Crippen MR) is 59.4 cm³/mol. The van der Waals surface area contributed by atoms with Crippen molar-refractivity contribution >= 4 is 15.9 Å². The summed E-state index contributed by atoms with van der Waals surface area (Å²) in [6.07, 6.45) is 1.63. The fraction of sp³-hybridized carbons (Fsp3) is 0.100. The molecule has 1 heterocycles. The third-order valence-electron chi connectivity index (χ3n) is 1.80. The number of rotatable bonds is 3. The number of aromatic amines is 1. The minimum absolute atomic E-state index is 0.423. The highest BCUT2D eigenvalue weighted by Gasteiger charge is 2.06. The topological polar surface area (TPSA) is 47.1 Å². The van der Waals surface area contributed by atoms with Crippen LogP contribution in [-0.4, -0.2) is 17.1 Å². The maximum atomic E-state index is 5.50. The van der Waals surface area contributed by atoms with Crippen LogP contribution in [0.4, 0.5) is 0 Å². The molecule has 0 saturated carbocycles. The van der Waals surface area contributed by atoms with Crippen LogP contribution in [0, 0.1) is 0 Å². The molecule has 0 saturated heterocycles. The highest BCUT2D eigenvalue weighted by Crippen LogP contribution is 2.29. The van der Waals surface area contributed by atoms with Crippen LogP contribution in [0.1, 0.15) is 0 Å². The van der Waals surface area contributed by atoms with Crippen LogP contribution >= 0.6 is 15.9 Å². The summed E-state index contributed by atoms with van der Waals surface area (Å²) in [6, 6.07) is 7.81. The first kappa shape index (κ1) is 10.0. The van der Waals surface area contributed by atoms with Gasteiger partial charge in [0.25, 0.3) is 6.01 Å². The first-order chi connectivity index (χ1) is 7.29. The maximum absolute atomic E-state index is 5.50. The molecule has 0 radical (unpaired) electrons. The first-order valence-corrected chi connectivity index (χ1v) is 5.10. The standard InChI is InChI=1S/C10H9BrN2O2/c1-14-7-4-2-3-5-8(7)15-10-12-6-9(11)13-10/h2-6H,1H3,(H,12,13). The van der Waals surface area contributed by atoms with Crippen molar-refractivity contribution in [3.63, 3.8) is 0 Å². The van der Waals surface area contributed by atoms with E-state index in [0.29, 0.717) is 17.5 Å². The first-order valence-electron chi connectivity index (χ1n) is 4.31. The number of halogens is 1. The van der Waals surface area contributed by atoms with Crippen LogP contribution in [-0.2, 0) is 0 Å². The van der Waals surface area contributed by atoms with E-state index in [9.17, 15) is 0 Å². The molecule has 0 amide bonds. The van der Waals surface area contributed by atoms with Gasteiger partial charge in [0.2, 0.25) is 0 Å². The fourth-order valence-corrected chi connectivity index (χ4v) is 1.41. The van der Waals surface area contributed by atoms with Crippen molar-refractivity contribution in [3.05, 3.63) is 35.1 Å². The van der Waals surface area contributed by atoms with E-state index in [1.54, 1.807) is 13.3 Å². The average Bonchev–Trinajstić information content (AvgIpc) is 2.65. The lowest BCUT2D eigenvalue weighted by molar-refractivity contribution is 0.369. The Morgan fingerprint density at radius 1 is 1.27 bits per heavy atom. The van der Waals surface area contributed by atoms with Crippen LogP contribution in [0.25, 0.3) is 0 Å². The van der Waals surface area contributed by atoms with E-state index in [1.165, 1.54) is 0 Å². The van der Waals surface area contributed by atoms with Gasteiger partial charge in [-0.25, -0.2) is 4.98 Å². The van der Waals surface area contributed by atoms with Crippen LogP contribution in [0.5, 0.6) is 17.5 Å². The highest BCUT2D eigenvalue weighted by atomic mass is 79.9. The summed E-state index contributed by atoms with van der Waals surface area (Å²) in [5, 5.41) is 0. The molecular weight excluding hydrogens is 260 g/mol. The van der Waals surface area contributed by atoms with Gasteiger partial charge in [0.05, 0.1) is 13.3 Å². The van der Waals surface area contributed by atoms with Gasteiger partial charge in [0, 0.05) is 0 Å². The smallest absolute Gasteiger partial charge is 0.300 e. The molecule has 2 aromatic rings. The van der Waals surface area contributed by atoms with Crippen LogP contribution in [0.15, 0.2) is 35.1 Å². The number of hydrogen-bond donors (Lipinski definition) is 1. The number of hydrogen-bond acceptors (Lipinski definition) is 3. The van der Waals surface area contributed by atoms with Crippen molar-refractivity contribution in [2.75, 3.05) is 7.11 Å². The second-order valence-electron chi connectivity index (χ2n) is 2.79. The number of para-hydroxylation sites is 2. The monoisotopic (exact) mass is 268 g/mol. The Morgan fingerprint density at radius 2 is 2.00 bits per heavy atom. The molecule has 0 atom stereocenters. The molecule has 5 heteroatoms. The molecule has 0 spiro atoms.